The summed E-state index contributed by atoms with van der Waals surface area (Å²) in [6.07, 6.45) is 3.56. The van der Waals surface area contributed by atoms with Crippen molar-refractivity contribution in [2.24, 2.45) is 0 Å². The standard InChI is InChI=1S/C15H15N3O2/c1-2-16-9-12-10-19-15(18-12)20-13-7-3-5-11-6-4-8-17-14(11)13/h3-8,10,16H,2,9H2,1H3. The Kier molecular flexibility index (Phi) is 3.60. The highest BCUT2D eigenvalue weighted by molar-refractivity contribution is 5.84. The molecule has 0 saturated carbocycles. The molecule has 0 unspecified atom stereocenters. The Morgan fingerprint density at radius 1 is 1.25 bits per heavy atom. The summed E-state index contributed by atoms with van der Waals surface area (Å²) in [7, 11) is 0. The van der Waals surface area contributed by atoms with E-state index in [1.165, 1.54) is 0 Å². The summed E-state index contributed by atoms with van der Waals surface area (Å²) < 4.78 is 11.0. The highest BCUT2D eigenvalue weighted by Crippen LogP contribution is 2.27. The van der Waals surface area contributed by atoms with Crippen LogP contribution >= 0.6 is 0 Å². The largest absolute Gasteiger partial charge is 0.417 e. The first-order chi connectivity index (χ1) is 9.86. The van der Waals surface area contributed by atoms with Gasteiger partial charge in [0.1, 0.15) is 11.8 Å². The van der Waals surface area contributed by atoms with Crippen molar-refractivity contribution in [1.82, 2.24) is 15.3 Å². The van der Waals surface area contributed by atoms with Crippen molar-refractivity contribution in [1.29, 1.82) is 0 Å². The number of hydrogen-bond donors (Lipinski definition) is 1. The maximum Gasteiger partial charge on any atom is 0.399 e. The second-order valence-electron chi connectivity index (χ2n) is 4.32. The van der Waals surface area contributed by atoms with Crippen molar-refractivity contribution in [3.8, 4) is 11.8 Å². The number of fused-ring (bicyclic) bond motifs is 1. The van der Waals surface area contributed by atoms with E-state index >= 15 is 0 Å². The van der Waals surface area contributed by atoms with E-state index in [1.807, 2.05) is 37.3 Å². The van der Waals surface area contributed by atoms with Crippen LogP contribution < -0.4 is 10.1 Å². The number of nitrogens with zero attached hydrogens (tertiary/aromatic N) is 2. The molecule has 0 fully saturated rings. The number of ether oxygens (including phenoxy) is 1. The van der Waals surface area contributed by atoms with Crippen molar-refractivity contribution < 1.29 is 9.15 Å². The first kappa shape index (κ1) is 12.6. The minimum Gasteiger partial charge on any atom is -0.417 e. The normalized spacial score (nSPS) is 10.8. The summed E-state index contributed by atoms with van der Waals surface area (Å²) in [5.41, 5.74) is 1.61. The number of rotatable bonds is 5. The van der Waals surface area contributed by atoms with Crippen LogP contribution in [0.15, 0.2) is 47.2 Å². The molecule has 5 nitrogen and oxygen atoms in total. The zero-order valence-corrected chi connectivity index (χ0v) is 11.2. The molecule has 3 aromatic rings. The van der Waals surface area contributed by atoms with Crippen molar-refractivity contribution in [2.45, 2.75) is 13.5 Å². The fraction of sp³-hybridized carbons (Fsp3) is 0.200. The number of para-hydroxylation sites is 1. The van der Waals surface area contributed by atoms with Gasteiger partial charge >= 0.3 is 6.08 Å². The molecule has 0 aliphatic rings. The fourth-order valence-electron chi connectivity index (χ4n) is 1.92. The maximum absolute atomic E-state index is 5.68. The van der Waals surface area contributed by atoms with Crippen LogP contribution in [0.3, 0.4) is 0 Å². The number of benzene rings is 1. The van der Waals surface area contributed by atoms with Crippen molar-refractivity contribution >= 4 is 10.9 Å². The van der Waals surface area contributed by atoms with Crippen LogP contribution in [0.2, 0.25) is 0 Å². The SMILES string of the molecule is CCNCc1coc(Oc2cccc3cccnc23)n1. The molecule has 0 saturated heterocycles. The number of aromatic nitrogens is 2. The van der Waals surface area contributed by atoms with E-state index in [1.54, 1.807) is 12.5 Å². The van der Waals surface area contributed by atoms with Crippen LogP contribution in [0.1, 0.15) is 12.6 Å². The number of nitrogens with one attached hydrogen (secondary N) is 1. The van der Waals surface area contributed by atoms with Crippen LogP contribution in [0, 0.1) is 0 Å². The van der Waals surface area contributed by atoms with Crippen molar-refractivity contribution in [3.63, 3.8) is 0 Å². The second-order valence-corrected chi connectivity index (χ2v) is 4.32. The first-order valence-electron chi connectivity index (χ1n) is 6.53. The van der Waals surface area contributed by atoms with E-state index in [0.29, 0.717) is 12.3 Å². The minimum absolute atomic E-state index is 0.232. The van der Waals surface area contributed by atoms with Gasteiger partial charge < -0.3 is 14.5 Å². The molecule has 1 aromatic carbocycles. The summed E-state index contributed by atoms with van der Waals surface area (Å²) >= 11 is 0. The lowest BCUT2D eigenvalue weighted by atomic mass is 10.2. The van der Waals surface area contributed by atoms with Crippen LogP contribution in [-0.4, -0.2) is 16.5 Å². The predicted octanol–water partition coefficient (Wildman–Crippen LogP) is 3.12. The molecule has 3 rings (SSSR count). The van der Waals surface area contributed by atoms with E-state index < -0.39 is 0 Å². The second kappa shape index (κ2) is 5.71. The van der Waals surface area contributed by atoms with Gasteiger partial charge in [-0.15, -0.1) is 0 Å². The molecule has 0 aliphatic carbocycles. The maximum atomic E-state index is 5.68. The Labute approximate surface area is 116 Å². The molecule has 1 N–H and O–H groups in total. The number of pyridine rings is 1. The molecule has 0 spiro atoms. The van der Waals surface area contributed by atoms with Gasteiger partial charge in [0.25, 0.3) is 0 Å². The lowest BCUT2D eigenvalue weighted by molar-refractivity contribution is 0.333. The highest BCUT2D eigenvalue weighted by atomic mass is 16.6. The van der Waals surface area contributed by atoms with Crippen LogP contribution in [0.5, 0.6) is 11.8 Å². The summed E-state index contributed by atoms with van der Waals surface area (Å²) in [5, 5.41) is 4.20. The van der Waals surface area contributed by atoms with Crippen LogP contribution in [0.4, 0.5) is 0 Å². The zero-order valence-electron chi connectivity index (χ0n) is 11.2. The third-order valence-corrected chi connectivity index (χ3v) is 2.88. The Morgan fingerprint density at radius 2 is 2.15 bits per heavy atom. The molecular weight excluding hydrogens is 254 g/mol. The number of oxazole rings is 1. The third kappa shape index (κ3) is 2.62. The first-order valence-corrected chi connectivity index (χ1v) is 6.53. The van der Waals surface area contributed by atoms with Gasteiger partial charge in [-0.3, -0.25) is 4.98 Å². The van der Waals surface area contributed by atoms with E-state index in [-0.39, 0.29) is 6.08 Å². The lowest BCUT2D eigenvalue weighted by Crippen LogP contribution is -2.11. The average molecular weight is 269 g/mol. The molecule has 2 heterocycles. The van der Waals surface area contributed by atoms with Crippen LogP contribution in [-0.2, 0) is 6.54 Å². The fourth-order valence-corrected chi connectivity index (χ4v) is 1.92. The smallest absolute Gasteiger partial charge is 0.399 e. The quantitative estimate of drug-likeness (QED) is 0.771. The van der Waals surface area contributed by atoms with E-state index in [4.69, 9.17) is 9.15 Å². The lowest BCUT2D eigenvalue weighted by Gasteiger charge is -2.03. The summed E-state index contributed by atoms with van der Waals surface area (Å²) in [5.74, 6) is 0.639. The third-order valence-electron chi connectivity index (χ3n) is 2.88. The Balaban J connectivity index is 1.84. The van der Waals surface area contributed by atoms with Gasteiger partial charge in [-0.1, -0.05) is 25.1 Å². The molecule has 20 heavy (non-hydrogen) atoms. The van der Waals surface area contributed by atoms with Crippen LogP contribution in [0.25, 0.3) is 10.9 Å². The van der Waals surface area contributed by atoms with Crippen molar-refractivity contribution in [3.05, 3.63) is 48.5 Å². The van der Waals surface area contributed by atoms with Gasteiger partial charge in [0.2, 0.25) is 0 Å². The molecule has 5 heteroatoms. The van der Waals surface area contributed by atoms with Gasteiger partial charge in [0, 0.05) is 18.1 Å². The molecule has 0 bridgehead atoms. The zero-order chi connectivity index (χ0) is 13.8. The Morgan fingerprint density at radius 3 is 3.05 bits per heavy atom. The monoisotopic (exact) mass is 269 g/mol. The van der Waals surface area contributed by atoms with E-state index in [2.05, 4.69) is 15.3 Å². The van der Waals surface area contributed by atoms with Gasteiger partial charge in [-0.2, -0.15) is 4.98 Å². The van der Waals surface area contributed by atoms with E-state index in [9.17, 15) is 0 Å². The van der Waals surface area contributed by atoms with E-state index in [0.717, 1.165) is 23.1 Å². The summed E-state index contributed by atoms with van der Waals surface area (Å²) in [6, 6.07) is 9.64. The topological polar surface area (TPSA) is 60.2 Å². The number of hydrogen-bond acceptors (Lipinski definition) is 5. The van der Waals surface area contributed by atoms with Gasteiger partial charge in [-0.05, 0) is 18.7 Å². The molecule has 0 aliphatic heterocycles. The Bertz CT molecular complexity index is 704. The molecule has 0 amide bonds. The average Bonchev–Trinajstić information content (AvgIpc) is 2.93. The summed E-state index contributed by atoms with van der Waals surface area (Å²) in [6.45, 7) is 3.59. The minimum atomic E-state index is 0.232. The van der Waals surface area contributed by atoms with Gasteiger partial charge in [0.05, 0.1) is 5.69 Å². The Hall–Kier alpha value is -2.40. The molecular formula is C15H15N3O2. The highest BCUT2D eigenvalue weighted by Gasteiger charge is 2.09. The summed E-state index contributed by atoms with van der Waals surface area (Å²) in [4.78, 5) is 8.60. The molecule has 2 aromatic heterocycles. The van der Waals surface area contributed by atoms with Gasteiger partial charge in [0.15, 0.2) is 5.75 Å². The molecule has 0 atom stereocenters. The van der Waals surface area contributed by atoms with Crippen molar-refractivity contribution in [2.75, 3.05) is 6.54 Å². The molecule has 102 valence electrons. The predicted molar refractivity (Wildman–Crippen MR) is 75.7 cm³/mol. The molecule has 0 radical (unpaired) electrons. The van der Waals surface area contributed by atoms with Gasteiger partial charge in [-0.25, -0.2) is 0 Å².